The van der Waals surface area contributed by atoms with Crippen molar-refractivity contribution in [2.45, 2.75) is 105 Å². The maximum absolute atomic E-state index is 13.0. The number of hydrogen-bond acceptors (Lipinski definition) is 3. The summed E-state index contributed by atoms with van der Waals surface area (Å²) in [6.45, 7) is 17.3. The van der Waals surface area contributed by atoms with E-state index in [4.69, 9.17) is 5.10 Å². The molecule has 43 heavy (non-hydrogen) atoms. The second-order valence-corrected chi connectivity index (χ2v) is 16.6. The SMILES string of the molecule is C[C@H]1[C@H](C)CC[C@]2(C(=O)O)CC[C@]3(C)C(=CC[C@@H]4[C@@]5(C)Cc6cnn(-c7ccc(C#N)cc7)c6C(C)(C)[C@@H]5CC[C@]43C)[C@H]12. The molecule has 3 saturated carbocycles. The van der Waals surface area contributed by atoms with Crippen LogP contribution in [0.3, 0.4) is 0 Å². The van der Waals surface area contributed by atoms with Gasteiger partial charge in [0.25, 0.3) is 0 Å². The number of nitrogens with zero attached hydrogens (tertiary/aromatic N) is 3. The predicted octanol–water partition coefficient (Wildman–Crippen LogP) is 8.50. The number of nitriles is 1. The first-order valence-electron chi connectivity index (χ1n) is 16.8. The van der Waals surface area contributed by atoms with E-state index < -0.39 is 11.4 Å². The van der Waals surface area contributed by atoms with E-state index in [0.717, 1.165) is 44.2 Å². The normalized spacial score (nSPS) is 42.7. The monoisotopic (exact) mass is 579 g/mol. The van der Waals surface area contributed by atoms with Crippen molar-refractivity contribution in [1.82, 2.24) is 9.78 Å². The molecule has 5 nitrogen and oxygen atoms in total. The third-order valence-electron chi connectivity index (χ3n) is 14.8. The number of allylic oxidation sites excluding steroid dienone is 2. The average molecular weight is 580 g/mol. The van der Waals surface area contributed by atoms with Crippen molar-refractivity contribution in [2.24, 2.45) is 51.2 Å². The molecule has 2 aromatic rings. The Morgan fingerprint density at radius 1 is 1.00 bits per heavy atom. The van der Waals surface area contributed by atoms with Gasteiger partial charge >= 0.3 is 5.97 Å². The summed E-state index contributed by atoms with van der Waals surface area (Å²) in [4.78, 5) is 13.0. The maximum atomic E-state index is 13.0. The molecule has 0 saturated heterocycles. The predicted molar refractivity (Wildman–Crippen MR) is 169 cm³/mol. The fourth-order valence-corrected chi connectivity index (χ4v) is 12.3. The van der Waals surface area contributed by atoms with Crippen molar-refractivity contribution >= 4 is 5.97 Å². The number of hydrogen-bond donors (Lipinski definition) is 1. The van der Waals surface area contributed by atoms with Crippen molar-refractivity contribution in [3.05, 3.63) is 58.9 Å². The number of rotatable bonds is 2. The van der Waals surface area contributed by atoms with E-state index >= 15 is 0 Å². The molecule has 0 amide bonds. The Labute approximate surface area is 257 Å². The number of carbonyl (C=O) groups is 1. The van der Waals surface area contributed by atoms with Gasteiger partial charge < -0.3 is 5.11 Å². The summed E-state index contributed by atoms with van der Waals surface area (Å²) in [5.74, 6) is 1.61. The Balaban J connectivity index is 1.31. The molecule has 1 aromatic carbocycles. The summed E-state index contributed by atoms with van der Waals surface area (Å²) in [5.41, 5.74) is 5.51. The van der Waals surface area contributed by atoms with Crippen LogP contribution in [0.4, 0.5) is 0 Å². The lowest BCUT2D eigenvalue weighted by molar-refractivity contribution is -0.179. The fraction of sp³-hybridized carbons (Fsp3) is 0.658. The minimum absolute atomic E-state index is 0.0237. The summed E-state index contributed by atoms with van der Waals surface area (Å²) in [7, 11) is 0. The maximum Gasteiger partial charge on any atom is 0.310 e. The van der Waals surface area contributed by atoms with E-state index in [1.807, 2.05) is 24.3 Å². The molecule has 0 unspecified atom stereocenters. The van der Waals surface area contributed by atoms with Crippen LogP contribution in [0.5, 0.6) is 0 Å². The van der Waals surface area contributed by atoms with Gasteiger partial charge in [-0.25, -0.2) is 4.68 Å². The largest absolute Gasteiger partial charge is 0.481 e. The Hall–Kier alpha value is -2.87. The summed E-state index contributed by atoms with van der Waals surface area (Å²) < 4.78 is 2.14. The number of aliphatic carboxylic acids is 1. The standard InChI is InChI=1S/C38H49N3O2/c1-23-14-17-38(33(42)43)19-18-36(6)28(31(38)24(23)2)12-13-30-35(5)20-26-22-40-41(27-10-8-25(21-39)9-11-27)32(26)34(3,4)29(35)15-16-37(30,36)7/h8-12,22-24,29-31H,13-20H2,1-7H3,(H,42,43)/t23-,24+,29+,30-,31+,35+,36-,37-,38+/m1/s1. The van der Waals surface area contributed by atoms with Gasteiger partial charge in [-0.1, -0.05) is 60.1 Å². The van der Waals surface area contributed by atoms with Crippen LogP contribution in [0.25, 0.3) is 5.69 Å². The average Bonchev–Trinajstić information content (AvgIpc) is 3.39. The van der Waals surface area contributed by atoms with Crippen molar-refractivity contribution in [2.75, 3.05) is 0 Å². The van der Waals surface area contributed by atoms with E-state index in [-0.39, 0.29) is 27.6 Å². The van der Waals surface area contributed by atoms with E-state index in [1.54, 1.807) is 0 Å². The molecule has 9 atom stereocenters. The molecule has 5 aliphatic carbocycles. The highest BCUT2D eigenvalue weighted by Gasteiger charge is 2.69. The molecule has 0 spiro atoms. The molecular formula is C38H49N3O2. The van der Waals surface area contributed by atoms with E-state index in [9.17, 15) is 15.2 Å². The topological polar surface area (TPSA) is 78.9 Å². The molecular weight excluding hydrogens is 530 g/mol. The number of aromatic nitrogens is 2. The van der Waals surface area contributed by atoms with Crippen molar-refractivity contribution in [3.63, 3.8) is 0 Å². The summed E-state index contributed by atoms with van der Waals surface area (Å²) in [5, 5.41) is 25.0. The second kappa shape index (κ2) is 9.09. The van der Waals surface area contributed by atoms with Crippen LogP contribution in [0, 0.1) is 62.6 Å². The van der Waals surface area contributed by atoms with Crippen molar-refractivity contribution in [1.29, 1.82) is 5.26 Å². The number of carboxylic acid groups (broad SMARTS) is 1. The minimum Gasteiger partial charge on any atom is -0.481 e. The van der Waals surface area contributed by atoms with Crippen LogP contribution in [0.2, 0.25) is 0 Å². The summed E-state index contributed by atoms with van der Waals surface area (Å²) in [6, 6.07) is 10.1. The van der Waals surface area contributed by atoms with Crippen molar-refractivity contribution < 1.29 is 9.90 Å². The van der Waals surface area contributed by atoms with Crippen LogP contribution >= 0.6 is 0 Å². The van der Waals surface area contributed by atoms with E-state index in [2.05, 4.69) is 71.5 Å². The quantitative estimate of drug-likeness (QED) is 0.362. The number of carboxylic acids is 1. The Morgan fingerprint density at radius 2 is 1.72 bits per heavy atom. The smallest absolute Gasteiger partial charge is 0.310 e. The molecule has 0 aliphatic heterocycles. The minimum atomic E-state index is -0.594. The van der Waals surface area contributed by atoms with Gasteiger partial charge in [0, 0.05) is 5.41 Å². The lowest BCUT2D eigenvalue weighted by atomic mass is 9.33. The molecule has 1 heterocycles. The number of fused-ring (bicyclic) bond motifs is 8. The third kappa shape index (κ3) is 3.50. The lowest BCUT2D eigenvalue weighted by Crippen LogP contribution is -2.65. The molecule has 1 N–H and O–H groups in total. The Kier molecular flexibility index (Phi) is 6.10. The van der Waals surface area contributed by atoms with Crippen LogP contribution < -0.4 is 0 Å². The molecule has 228 valence electrons. The number of benzene rings is 1. The zero-order chi connectivity index (χ0) is 30.7. The van der Waals surface area contributed by atoms with Gasteiger partial charge in [0.05, 0.1) is 34.6 Å². The van der Waals surface area contributed by atoms with Gasteiger partial charge in [0.1, 0.15) is 0 Å². The second-order valence-electron chi connectivity index (χ2n) is 16.6. The zero-order valence-electron chi connectivity index (χ0n) is 27.2. The van der Waals surface area contributed by atoms with E-state index in [0.29, 0.717) is 29.2 Å². The lowest BCUT2D eigenvalue weighted by Gasteiger charge is -2.70. The molecule has 1 aromatic heterocycles. The molecule has 5 aliphatic rings. The highest BCUT2D eigenvalue weighted by Crippen LogP contribution is 2.75. The van der Waals surface area contributed by atoms with Gasteiger partial charge in [-0.3, -0.25) is 4.79 Å². The molecule has 0 bridgehead atoms. The van der Waals surface area contributed by atoms with Crippen LogP contribution in [-0.4, -0.2) is 20.9 Å². The highest BCUT2D eigenvalue weighted by molar-refractivity contribution is 5.76. The van der Waals surface area contributed by atoms with Gasteiger partial charge in [0.15, 0.2) is 0 Å². The molecule has 5 heteroatoms. The van der Waals surface area contributed by atoms with Crippen LogP contribution in [-0.2, 0) is 16.6 Å². The van der Waals surface area contributed by atoms with Crippen LogP contribution in [0.1, 0.15) is 110 Å². The Bertz CT molecular complexity index is 1560. The summed E-state index contributed by atoms with van der Waals surface area (Å²) in [6.07, 6.45) is 12.8. The van der Waals surface area contributed by atoms with Gasteiger partial charge in [0.2, 0.25) is 0 Å². The van der Waals surface area contributed by atoms with Crippen molar-refractivity contribution in [3.8, 4) is 11.8 Å². The third-order valence-corrected chi connectivity index (χ3v) is 14.8. The first-order valence-corrected chi connectivity index (χ1v) is 16.8. The van der Waals surface area contributed by atoms with Crippen LogP contribution in [0.15, 0.2) is 42.1 Å². The van der Waals surface area contributed by atoms with Gasteiger partial charge in [-0.05, 0) is 127 Å². The fourth-order valence-electron chi connectivity index (χ4n) is 12.3. The Morgan fingerprint density at radius 3 is 2.40 bits per heavy atom. The summed E-state index contributed by atoms with van der Waals surface area (Å²) >= 11 is 0. The molecule has 0 radical (unpaired) electrons. The van der Waals surface area contributed by atoms with Gasteiger partial charge in [-0.15, -0.1) is 0 Å². The first-order chi connectivity index (χ1) is 20.2. The molecule has 7 rings (SSSR count). The zero-order valence-corrected chi connectivity index (χ0v) is 27.2. The molecule has 3 fully saturated rings. The van der Waals surface area contributed by atoms with E-state index in [1.165, 1.54) is 29.7 Å². The van der Waals surface area contributed by atoms with Gasteiger partial charge in [-0.2, -0.15) is 10.4 Å². The first kappa shape index (κ1) is 28.9. The highest BCUT2D eigenvalue weighted by atomic mass is 16.4.